The molecular formula is C17H22N4O3. The normalized spacial score (nSPS) is 20.8. The first-order valence-electron chi connectivity index (χ1n) is 8.20. The standard InChI is InChI=1S/C17H22N4O3/c1-11-7-9-18-16(23)15(11)19-14(22)8-10-21-13-6-4-3-5-12(13)20(2)17(21)24/h3-6,11,15H,7-10H2,1-2H3,(H,18,23)(H,19,22). The van der Waals surface area contributed by atoms with Gasteiger partial charge >= 0.3 is 5.69 Å². The van der Waals surface area contributed by atoms with Gasteiger partial charge in [0.25, 0.3) is 0 Å². The van der Waals surface area contributed by atoms with Gasteiger partial charge in [-0.15, -0.1) is 0 Å². The van der Waals surface area contributed by atoms with Gasteiger partial charge in [-0.2, -0.15) is 0 Å². The number of carbonyl (C=O) groups excluding carboxylic acids is 2. The van der Waals surface area contributed by atoms with Crippen molar-refractivity contribution in [2.45, 2.75) is 32.4 Å². The number of hydrogen-bond donors (Lipinski definition) is 2. The fraction of sp³-hybridized carbons (Fsp3) is 0.471. The maximum Gasteiger partial charge on any atom is 0.328 e. The highest BCUT2D eigenvalue weighted by Crippen LogP contribution is 2.14. The second-order valence-electron chi connectivity index (χ2n) is 6.33. The minimum absolute atomic E-state index is 0.114. The van der Waals surface area contributed by atoms with Crippen LogP contribution in [0.25, 0.3) is 11.0 Å². The van der Waals surface area contributed by atoms with Crippen molar-refractivity contribution >= 4 is 22.8 Å². The van der Waals surface area contributed by atoms with Gasteiger partial charge in [0, 0.05) is 26.6 Å². The van der Waals surface area contributed by atoms with E-state index in [2.05, 4.69) is 10.6 Å². The van der Waals surface area contributed by atoms with Crippen LogP contribution < -0.4 is 16.3 Å². The van der Waals surface area contributed by atoms with E-state index in [0.29, 0.717) is 6.54 Å². The molecule has 1 aliphatic heterocycles. The Labute approximate surface area is 139 Å². The summed E-state index contributed by atoms with van der Waals surface area (Å²) in [6.45, 7) is 2.89. The molecule has 3 rings (SSSR count). The number of nitrogens with one attached hydrogen (secondary N) is 2. The zero-order valence-corrected chi connectivity index (χ0v) is 13.9. The minimum Gasteiger partial charge on any atom is -0.354 e. The fourth-order valence-corrected chi connectivity index (χ4v) is 3.20. The number of hydrogen-bond acceptors (Lipinski definition) is 3. The van der Waals surface area contributed by atoms with Crippen LogP contribution in [0.2, 0.25) is 0 Å². The number of rotatable bonds is 4. The third-order valence-corrected chi connectivity index (χ3v) is 4.68. The number of amides is 2. The second kappa shape index (κ2) is 6.51. The highest BCUT2D eigenvalue weighted by Gasteiger charge is 2.29. The predicted molar refractivity (Wildman–Crippen MR) is 90.5 cm³/mol. The predicted octanol–water partition coefficient (Wildman–Crippen LogP) is 0.371. The molecule has 2 atom stereocenters. The monoisotopic (exact) mass is 330 g/mol. The summed E-state index contributed by atoms with van der Waals surface area (Å²) in [6, 6.07) is 7.00. The fourth-order valence-electron chi connectivity index (χ4n) is 3.20. The Morgan fingerprint density at radius 3 is 2.71 bits per heavy atom. The lowest BCUT2D eigenvalue weighted by Crippen LogP contribution is -2.54. The van der Waals surface area contributed by atoms with Crippen LogP contribution in [0.5, 0.6) is 0 Å². The molecule has 7 heteroatoms. The van der Waals surface area contributed by atoms with Crippen molar-refractivity contribution < 1.29 is 9.59 Å². The molecule has 2 amide bonds. The average molecular weight is 330 g/mol. The second-order valence-corrected chi connectivity index (χ2v) is 6.33. The maximum atomic E-state index is 12.3. The van der Waals surface area contributed by atoms with Crippen LogP contribution in [0.1, 0.15) is 19.8 Å². The van der Waals surface area contributed by atoms with Crippen LogP contribution in [-0.2, 0) is 23.2 Å². The molecule has 2 heterocycles. The van der Waals surface area contributed by atoms with E-state index in [1.807, 2.05) is 31.2 Å². The molecule has 7 nitrogen and oxygen atoms in total. The Morgan fingerprint density at radius 1 is 1.29 bits per heavy atom. The van der Waals surface area contributed by atoms with Crippen LogP contribution in [0.3, 0.4) is 0 Å². The summed E-state index contributed by atoms with van der Waals surface area (Å²) in [5.74, 6) is -0.240. The highest BCUT2D eigenvalue weighted by atomic mass is 16.2. The molecular weight excluding hydrogens is 308 g/mol. The smallest absolute Gasteiger partial charge is 0.328 e. The molecule has 2 aromatic rings. The van der Waals surface area contributed by atoms with Gasteiger partial charge < -0.3 is 10.6 Å². The van der Waals surface area contributed by atoms with Gasteiger partial charge in [0.1, 0.15) is 6.04 Å². The van der Waals surface area contributed by atoms with Crippen LogP contribution in [-0.4, -0.2) is 33.5 Å². The third-order valence-electron chi connectivity index (χ3n) is 4.68. The Bertz CT molecular complexity index is 836. The van der Waals surface area contributed by atoms with Gasteiger partial charge in [-0.05, 0) is 24.5 Å². The van der Waals surface area contributed by atoms with E-state index in [1.165, 1.54) is 0 Å². The Hall–Kier alpha value is -2.57. The number of piperidine rings is 1. The third kappa shape index (κ3) is 2.93. The van der Waals surface area contributed by atoms with Crippen LogP contribution in [0.15, 0.2) is 29.1 Å². The summed E-state index contributed by atoms with van der Waals surface area (Å²) in [6.07, 6.45) is 1.00. The molecule has 128 valence electrons. The molecule has 1 aromatic carbocycles. The molecule has 1 fully saturated rings. The molecule has 0 spiro atoms. The lowest BCUT2D eigenvalue weighted by Gasteiger charge is -2.29. The first-order valence-corrected chi connectivity index (χ1v) is 8.20. The number of aryl methyl sites for hydroxylation is 2. The number of benzene rings is 1. The zero-order chi connectivity index (χ0) is 17.3. The molecule has 2 N–H and O–H groups in total. The maximum absolute atomic E-state index is 12.3. The molecule has 1 aromatic heterocycles. The topological polar surface area (TPSA) is 85.1 Å². The molecule has 0 saturated carbocycles. The number of fused-ring (bicyclic) bond motifs is 1. The lowest BCUT2D eigenvalue weighted by molar-refractivity contribution is -0.131. The van der Waals surface area contributed by atoms with Crippen LogP contribution >= 0.6 is 0 Å². The van der Waals surface area contributed by atoms with Crippen molar-refractivity contribution in [2.24, 2.45) is 13.0 Å². The van der Waals surface area contributed by atoms with Crippen molar-refractivity contribution in [3.8, 4) is 0 Å². The summed E-state index contributed by atoms with van der Waals surface area (Å²) >= 11 is 0. The number of para-hydroxylation sites is 2. The van der Waals surface area contributed by atoms with Gasteiger partial charge in [-0.25, -0.2) is 4.79 Å². The summed E-state index contributed by atoms with van der Waals surface area (Å²) in [7, 11) is 1.72. The number of nitrogens with zero attached hydrogens (tertiary/aromatic N) is 2. The Balaban J connectivity index is 1.70. The van der Waals surface area contributed by atoms with E-state index in [1.54, 1.807) is 16.2 Å². The number of imidazole rings is 1. The molecule has 1 saturated heterocycles. The first-order chi connectivity index (χ1) is 11.5. The zero-order valence-electron chi connectivity index (χ0n) is 13.9. The van der Waals surface area contributed by atoms with Crippen LogP contribution in [0.4, 0.5) is 0 Å². The van der Waals surface area contributed by atoms with E-state index in [0.717, 1.165) is 17.5 Å². The van der Waals surface area contributed by atoms with Gasteiger partial charge in [-0.3, -0.25) is 18.7 Å². The average Bonchev–Trinajstić information content (AvgIpc) is 2.81. The molecule has 0 bridgehead atoms. The van der Waals surface area contributed by atoms with Crippen molar-refractivity contribution in [3.63, 3.8) is 0 Å². The van der Waals surface area contributed by atoms with E-state index >= 15 is 0 Å². The summed E-state index contributed by atoms with van der Waals surface area (Å²) in [5, 5.41) is 5.56. The van der Waals surface area contributed by atoms with Gasteiger partial charge in [0.2, 0.25) is 11.8 Å². The molecule has 2 unspecified atom stereocenters. The lowest BCUT2D eigenvalue weighted by atomic mass is 9.94. The highest BCUT2D eigenvalue weighted by molar-refractivity contribution is 5.88. The van der Waals surface area contributed by atoms with Crippen LogP contribution in [0, 0.1) is 5.92 Å². The Morgan fingerprint density at radius 2 is 2.00 bits per heavy atom. The van der Waals surface area contributed by atoms with E-state index in [-0.39, 0.29) is 36.4 Å². The van der Waals surface area contributed by atoms with E-state index < -0.39 is 6.04 Å². The molecule has 0 aliphatic carbocycles. The number of carbonyl (C=O) groups is 2. The minimum atomic E-state index is -0.490. The molecule has 24 heavy (non-hydrogen) atoms. The first kappa shape index (κ1) is 16.3. The summed E-state index contributed by atoms with van der Waals surface area (Å²) < 4.78 is 3.17. The molecule has 1 aliphatic rings. The number of aromatic nitrogens is 2. The SMILES string of the molecule is CC1CCNC(=O)C1NC(=O)CCn1c(=O)n(C)c2ccccc21. The summed E-state index contributed by atoms with van der Waals surface area (Å²) in [4.78, 5) is 36.4. The summed E-state index contributed by atoms with van der Waals surface area (Å²) in [5.41, 5.74) is 1.50. The quantitative estimate of drug-likeness (QED) is 0.849. The van der Waals surface area contributed by atoms with E-state index in [4.69, 9.17) is 0 Å². The van der Waals surface area contributed by atoms with Crippen molar-refractivity contribution in [3.05, 3.63) is 34.7 Å². The van der Waals surface area contributed by atoms with E-state index in [9.17, 15) is 14.4 Å². The Kier molecular flexibility index (Phi) is 4.42. The largest absolute Gasteiger partial charge is 0.354 e. The van der Waals surface area contributed by atoms with Crippen molar-refractivity contribution in [1.82, 2.24) is 19.8 Å². The van der Waals surface area contributed by atoms with Crippen molar-refractivity contribution in [1.29, 1.82) is 0 Å². The molecule has 0 radical (unpaired) electrons. The van der Waals surface area contributed by atoms with Gasteiger partial charge in [0.15, 0.2) is 0 Å². The van der Waals surface area contributed by atoms with Gasteiger partial charge in [0.05, 0.1) is 11.0 Å². The van der Waals surface area contributed by atoms with Gasteiger partial charge in [-0.1, -0.05) is 19.1 Å². The van der Waals surface area contributed by atoms with Crippen molar-refractivity contribution in [2.75, 3.05) is 6.54 Å².